The van der Waals surface area contributed by atoms with E-state index in [-0.39, 0.29) is 87.0 Å². The number of nitrogens with one attached hydrogen (secondary N) is 8. The number of amides is 8. The standard InChI is InChI=1S/C80H134N12O20.C2HF3O2/c81-42-41-59(105-75(96)86-50-29-13-3-14-30-50)72(94)92-58-45-57(83)56(44-60-68(110-78(99)89-53-35-19-6-20-36-53)71(112-80(101)91-55-39-23-8-24-40-55)69(61(46-82)103-60)111-79(100)90-54-37-21-7-22-38-54)65(108-76(97)87-51-31-15-4-16-32-51)66(58)107-73-70(106-63(93)43-48-25-9-1-10-26-48)64(84)67(109-77(98)88-52-33-17-5-18-34-52)62(104-73)47-102-74(95)85-49-27-11-2-12-28-49;3-2(4,5)1(6)7/h48-62,64-71,73H,1-47,81-84H2,(H,85,95)(H,86,96)(H,87,97)(H,88,98)(H,89,99)(H,90,100)(H,91,101)(H,92,94);(H,6,7)/t56-,57+,58-,59+,60-,61-,62-,64+,65+,66+,67-,68+,69-,70-,71-,73-;/m1./s1. The van der Waals surface area contributed by atoms with Crippen molar-refractivity contribution < 1.29 is 118 Å². The van der Waals surface area contributed by atoms with Crippen LogP contribution in [0.1, 0.15) is 283 Å². The Morgan fingerprint density at radius 3 is 1.16 bits per heavy atom. The van der Waals surface area contributed by atoms with E-state index in [1.807, 2.05) is 0 Å². The molecule has 2 aliphatic heterocycles. The number of rotatable bonds is 27. The zero-order valence-corrected chi connectivity index (χ0v) is 69.1. The van der Waals surface area contributed by atoms with Crippen molar-refractivity contribution in [3.05, 3.63) is 0 Å². The molecule has 9 aliphatic carbocycles. The molecule has 0 spiro atoms. The van der Waals surface area contributed by atoms with Gasteiger partial charge in [-0.15, -0.1) is 0 Å². The maximum absolute atomic E-state index is 15.4. The molecule has 34 nitrogen and oxygen atoms in total. The first-order chi connectivity index (χ1) is 57.4. The fourth-order valence-corrected chi connectivity index (χ4v) is 19.3. The van der Waals surface area contributed by atoms with Crippen molar-refractivity contribution >= 4 is 60.5 Å². The van der Waals surface area contributed by atoms with Gasteiger partial charge < -0.3 is 123 Å². The Hall–Kier alpha value is -7.19. The molecular formula is C82H135F3N12O22. The van der Waals surface area contributed by atoms with Crippen molar-refractivity contribution in [2.45, 2.75) is 423 Å². The molecule has 0 unspecified atom stereocenters. The average Bonchev–Trinajstić information content (AvgIpc) is 0.766. The molecule has 11 fully saturated rings. The molecule has 676 valence electrons. The summed E-state index contributed by atoms with van der Waals surface area (Å²) in [7, 11) is 0. The number of esters is 1. The predicted octanol–water partition coefficient (Wildman–Crippen LogP) is 9.86. The number of halogens is 3. The van der Waals surface area contributed by atoms with Crippen molar-refractivity contribution in [1.29, 1.82) is 0 Å². The fourth-order valence-electron chi connectivity index (χ4n) is 19.3. The van der Waals surface area contributed by atoms with Gasteiger partial charge in [0, 0.05) is 73.6 Å². The average molecular weight is 1700 g/mol. The van der Waals surface area contributed by atoms with Gasteiger partial charge in [0.05, 0.1) is 18.2 Å². The predicted molar refractivity (Wildman–Crippen MR) is 423 cm³/mol. The van der Waals surface area contributed by atoms with Crippen molar-refractivity contribution in [2.24, 2.45) is 34.8 Å². The van der Waals surface area contributed by atoms with Crippen molar-refractivity contribution in [3.8, 4) is 0 Å². The van der Waals surface area contributed by atoms with Crippen LogP contribution in [0.3, 0.4) is 0 Å². The third-order valence-corrected chi connectivity index (χ3v) is 25.8. The van der Waals surface area contributed by atoms with Gasteiger partial charge >= 0.3 is 60.8 Å². The van der Waals surface area contributed by atoms with Crippen molar-refractivity contribution in [2.75, 3.05) is 19.7 Å². The van der Waals surface area contributed by atoms with Crippen LogP contribution in [0.5, 0.6) is 0 Å². The van der Waals surface area contributed by atoms with E-state index in [9.17, 15) is 46.7 Å². The minimum absolute atomic E-state index is 0.0163. The van der Waals surface area contributed by atoms with E-state index < -0.39 is 171 Å². The molecule has 0 aromatic heterocycles. The van der Waals surface area contributed by atoms with Gasteiger partial charge in [-0.25, -0.2) is 38.4 Å². The highest BCUT2D eigenvalue weighted by Crippen LogP contribution is 2.42. The zero-order valence-electron chi connectivity index (χ0n) is 69.1. The Morgan fingerprint density at radius 2 is 0.765 bits per heavy atom. The third kappa shape index (κ3) is 30.1. The molecule has 2 saturated heterocycles. The molecule has 16 atom stereocenters. The van der Waals surface area contributed by atoms with Gasteiger partial charge in [-0.2, -0.15) is 13.2 Å². The van der Waals surface area contributed by atoms with Crippen LogP contribution in [0, 0.1) is 11.8 Å². The largest absolute Gasteiger partial charge is 0.490 e. The maximum Gasteiger partial charge on any atom is 0.490 e. The lowest BCUT2D eigenvalue weighted by molar-refractivity contribution is -0.306. The number of alkyl halides is 3. The Bertz CT molecular complexity index is 3180. The molecule has 0 radical (unpaired) electrons. The highest BCUT2D eigenvalue weighted by molar-refractivity contribution is 5.84. The zero-order chi connectivity index (χ0) is 84.8. The quantitative estimate of drug-likeness (QED) is 0.0268. The monoisotopic (exact) mass is 1700 g/mol. The van der Waals surface area contributed by atoms with Gasteiger partial charge in [0.1, 0.15) is 31.0 Å². The summed E-state index contributed by atoms with van der Waals surface area (Å²) in [5.74, 6) is -5.49. The smallest absolute Gasteiger partial charge is 0.475 e. The van der Waals surface area contributed by atoms with E-state index in [0.717, 1.165) is 193 Å². The molecule has 0 bridgehead atoms. The Balaban J connectivity index is 0.00000203. The first-order valence-electron chi connectivity index (χ1n) is 44.8. The number of nitrogens with two attached hydrogens (primary N) is 4. The molecular weight excluding hydrogens is 1560 g/mol. The normalized spacial score (nSPS) is 30.4. The van der Waals surface area contributed by atoms with Crippen LogP contribution < -0.4 is 65.5 Å². The van der Waals surface area contributed by atoms with Crippen LogP contribution >= 0.6 is 0 Å². The fraction of sp³-hybridized carbons (Fsp3) is 0.878. The second-order valence-electron chi connectivity index (χ2n) is 34.8. The lowest BCUT2D eigenvalue weighted by Crippen LogP contribution is -2.69. The Labute approximate surface area is 695 Å². The summed E-state index contributed by atoms with van der Waals surface area (Å²) in [6.07, 6.45) is 2.92. The second-order valence-corrected chi connectivity index (χ2v) is 34.8. The van der Waals surface area contributed by atoms with E-state index in [1.165, 1.54) is 0 Å². The van der Waals surface area contributed by atoms with Crippen molar-refractivity contribution in [3.63, 3.8) is 0 Å². The molecule has 119 heavy (non-hydrogen) atoms. The van der Waals surface area contributed by atoms with E-state index in [1.54, 1.807) is 0 Å². The van der Waals surface area contributed by atoms with Gasteiger partial charge in [-0.1, -0.05) is 154 Å². The number of carbonyl (C=O) groups is 10. The summed E-state index contributed by atoms with van der Waals surface area (Å²) in [6.45, 7) is -1.00. The Kier molecular flexibility index (Phi) is 38.0. The van der Waals surface area contributed by atoms with Gasteiger partial charge in [-0.05, 0) is 128 Å². The van der Waals surface area contributed by atoms with Gasteiger partial charge in [0.25, 0.3) is 5.91 Å². The summed E-state index contributed by atoms with van der Waals surface area (Å²) in [5.41, 5.74) is 28.0. The summed E-state index contributed by atoms with van der Waals surface area (Å²) in [6, 6.07) is -5.67. The maximum atomic E-state index is 15.4. The molecule has 8 amide bonds. The number of alkyl carbamates (subject to hydrolysis) is 7. The number of aliphatic carboxylic acids is 1. The van der Waals surface area contributed by atoms with Gasteiger partial charge in [0.2, 0.25) is 0 Å². The highest BCUT2D eigenvalue weighted by atomic mass is 19.4. The second kappa shape index (κ2) is 48.0. The van der Waals surface area contributed by atoms with E-state index in [0.29, 0.717) is 64.2 Å². The van der Waals surface area contributed by atoms with Crippen LogP contribution in [-0.2, 0) is 66.5 Å². The third-order valence-electron chi connectivity index (χ3n) is 25.8. The number of hydrogen-bond donors (Lipinski definition) is 13. The van der Waals surface area contributed by atoms with Crippen LogP contribution in [0.15, 0.2) is 0 Å². The Morgan fingerprint density at radius 1 is 0.403 bits per heavy atom. The van der Waals surface area contributed by atoms with Gasteiger partial charge in [0.15, 0.2) is 42.9 Å². The first kappa shape index (κ1) is 94.1. The van der Waals surface area contributed by atoms with Crippen LogP contribution in [0.25, 0.3) is 0 Å². The number of ether oxygens (including phenoxy) is 11. The van der Waals surface area contributed by atoms with Crippen LogP contribution in [0.4, 0.5) is 46.7 Å². The number of carboxylic acids is 1. The van der Waals surface area contributed by atoms with E-state index in [4.69, 9.17) is 84.9 Å². The summed E-state index contributed by atoms with van der Waals surface area (Å²) < 4.78 is 104. The van der Waals surface area contributed by atoms with Gasteiger partial charge in [-0.3, -0.25) is 9.59 Å². The summed E-state index contributed by atoms with van der Waals surface area (Å²) >= 11 is 0. The SMILES string of the molecule is NCC[C@H](OC(=O)NC1CCCCC1)C(=O)N[C@@H]1C[C@H](N)[C@@H](C[C@H]2O[C@H](CN)[C@@H](OC(=O)NC3CCCCC3)[C@H](OC(=O)NC3CCCCC3)[C@H]2OC(=O)NC2CCCCC2)[C@H](OC(=O)NC2CCCCC2)[C@H]1O[C@H]1O[C@H](COC(=O)NC2CCCCC2)[C@@H](OC(=O)NC2CCCCC2)[C@H](N)[C@H]1OC(=O)CC1CCCCC1.O=C(O)C(F)(F)F. The molecule has 0 aromatic carbocycles. The molecule has 9 saturated carbocycles. The summed E-state index contributed by atoms with van der Waals surface area (Å²) in [4.78, 5) is 141. The lowest BCUT2D eigenvalue weighted by atomic mass is 9.73. The molecule has 11 aliphatic rings. The lowest BCUT2D eigenvalue weighted by Gasteiger charge is -2.51. The summed E-state index contributed by atoms with van der Waals surface area (Å²) in [5, 5.41) is 31.2. The number of carboxylic acid groups (broad SMARTS) is 1. The van der Waals surface area contributed by atoms with E-state index >= 15 is 9.59 Å². The minimum Gasteiger partial charge on any atom is -0.475 e. The number of carbonyl (C=O) groups excluding carboxylic acids is 9. The van der Waals surface area contributed by atoms with Crippen LogP contribution in [0.2, 0.25) is 0 Å². The number of hydrogen-bond acceptors (Lipinski definition) is 25. The van der Waals surface area contributed by atoms with Crippen LogP contribution in [-0.4, -0.2) is 225 Å². The molecule has 11 rings (SSSR count). The van der Waals surface area contributed by atoms with E-state index in [2.05, 4.69) is 42.5 Å². The molecule has 2 heterocycles. The first-order valence-corrected chi connectivity index (χ1v) is 44.8. The molecule has 17 N–H and O–H groups in total. The van der Waals surface area contributed by atoms with Crippen molar-refractivity contribution in [1.82, 2.24) is 42.5 Å². The topological polar surface area (TPSA) is 493 Å². The highest BCUT2D eigenvalue weighted by Gasteiger charge is 2.59. The molecule has 37 heteroatoms. The molecule has 0 aromatic rings. The minimum atomic E-state index is -5.08.